The summed E-state index contributed by atoms with van der Waals surface area (Å²) >= 11 is 2.90. The van der Waals surface area contributed by atoms with Crippen LogP contribution >= 0.6 is 22.7 Å². The Morgan fingerprint density at radius 1 is 0.897 bits per heavy atom. The van der Waals surface area contributed by atoms with Crippen molar-refractivity contribution in [2.45, 2.75) is 20.0 Å². The molecule has 0 aliphatic carbocycles. The van der Waals surface area contributed by atoms with Gasteiger partial charge in [0.05, 0.1) is 32.6 Å². The fraction of sp³-hybridized carbons (Fsp3) is 0.133. The zero-order chi connectivity index (χ0) is 26.9. The standard InChI is InChI=1S/C30H23N3O4S2/c1-3-36-19-14-15-23-25(16-19)39-30(32-23)33-27(34)17(2)37-29(35)21-11-7-9-18-8-6-10-20(26(18)21)28-31-22-12-4-5-13-24(22)38-28/h4-17H,3H2,1-2H3,(H,32,33,34). The van der Waals surface area contributed by atoms with E-state index in [0.717, 1.165) is 47.5 Å². The number of anilines is 1. The number of esters is 1. The molecule has 0 bridgehead atoms. The van der Waals surface area contributed by atoms with Crippen molar-refractivity contribution in [3.63, 3.8) is 0 Å². The third-order valence-electron chi connectivity index (χ3n) is 6.20. The Morgan fingerprint density at radius 2 is 1.69 bits per heavy atom. The minimum absolute atomic E-state index is 0.380. The lowest BCUT2D eigenvalue weighted by Gasteiger charge is -2.14. The van der Waals surface area contributed by atoms with Crippen LogP contribution in [0.5, 0.6) is 5.75 Å². The molecule has 6 aromatic rings. The summed E-state index contributed by atoms with van der Waals surface area (Å²) in [5.74, 6) is -0.296. The van der Waals surface area contributed by atoms with Gasteiger partial charge >= 0.3 is 5.97 Å². The van der Waals surface area contributed by atoms with Gasteiger partial charge in [-0.2, -0.15) is 0 Å². The van der Waals surface area contributed by atoms with Crippen LogP contribution in [0.1, 0.15) is 24.2 Å². The molecule has 4 aromatic carbocycles. The highest BCUT2D eigenvalue weighted by Gasteiger charge is 2.23. The Bertz CT molecular complexity index is 1820. The largest absolute Gasteiger partial charge is 0.494 e. The second-order valence-corrected chi connectivity index (χ2v) is 10.9. The Morgan fingerprint density at radius 3 is 2.51 bits per heavy atom. The Labute approximate surface area is 232 Å². The molecule has 0 spiro atoms. The van der Waals surface area contributed by atoms with Crippen LogP contribution in [0.25, 0.3) is 41.8 Å². The van der Waals surface area contributed by atoms with Crippen molar-refractivity contribution in [3.05, 3.63) is 84.4 Å². The van der Waals surface area contributed by atoms with Crippen molar-refractivity contribution in [3.8, 4) is 16.3 Å². The van der Waals surface area contributed by atoms with E-state index in [1.165, 1.54) is 11.3 Å². The molecule has 1 atom stereocenters. The van der Waals surface area contributed by atoms with Gasteiger partial charge in [0.15, 0.2) is 11.2 Å². The van der Waals surface area contributed by atoms with Crippen LogP contribution in [-0.2, 0) is 9.53 Å². The number of benzene rings is 4. The van der Waals surface area contributed by atoms with E-state index in [0.29, 0.717) is 17.3 Å². The second kappa shape index (κ2) is 10.4. The smallest absolute Gasteiger partial charge is 0.339 e. The van der Waals surface area contributed by atoms with Gasteiger partial charge in [0.1, 0.15) is 10.8 Å². The van der Waals surface area contributed by atoms with Crippen LogP contribution < -0.4 is 10.1 Å². The molecule has 39 heavy (non-hydrogen) atoms. The van der Waals surface area contributed by atoms with E-state index in [2.05, 4.69) is 10.3 Å². The lowest BCUT2D eigenvalue weighted by Crippen LogP contribution is -2.30. The maximum absolute atomic E-state index is 13.4. The number of para-hydroxylation sites is 1. The number of ether oxygens (including phenoxy) is 2. The molecule has 1 N–H and O–H groups in total. The van der Waals surface area contributed by atoms with Gasteiger partial charge in [0, 0.05) is 10.9 Å². The molecule has 194 valence electrons. The highest BCUT2D eigenvalue weighted by molar-refractivity contribution is 7.22. The summed E-state index contributed by atoms with van der Waals surface area (Å²) in [7, 11) is 0. The highest BCUT2D eigenvalue weighted by Crippen LogP contribution is 2.36. The average Bonchev–Trinajstić information content (AvgIpc) is 3.55. The van der Waals surface area contributed by atoms with Crippen LogP contribution in [-0.4, -0.2) is 34.6 Å². The number of aromatic nitrogens is 2. The number of carbonyl (C=O) groups is 2. The first-order chi connectivity index (χ1) is 19.0. The van der Waals surface area contributed by atoms with Crippen LogP contribution in [0.3, 0.4) is 0 Å². The number of nitrogens with zero attached hydrogens (tertiary/aromatic N) is 2. The van der Waals surface area contributed by atoms with Crippen LogP contribution in [0.15, 0.2) is 78.9 Å². The maximum Gasteiger partial charge on any atom is 0.339 e. The van der Waals surface area contributed by atoms with E-state index in [-0.39, 0.29) is 0 Å². The van der Waals surface area contributed by atoms with Gasteiger partial charge in [-0.25, -0.2) is 14.8 Å². The molecule has 7 nitrogen and oxygen atoms in total. The monoisotopic (exact) mass is 553 g/mol. The van der Waals surface area contributed by atoms with Crippen LogP contribution in [0.2, 0.25) is 0 Å². The first-order valence-electron chi connectivity index (χ1n) is 12.4. The number of hydrogen-bond acceptors (Lipinski definition) is 8. The van der Waals surface area contributed by atoms with Crippen molar-refractivity contribution >= 4 is 70.9 Å². The molecule has 0 radical (unpaired) electrons. The maximum atomic E-state index is 13.4. The van der Waals surface area contributed by atoms with E-state index in [9.17, 15) is 9.59 Å². The van der Waals surface area contributed by atoms with E-state index in [1.54, 1.807) is 24.3 Å². The highest BCUT2D eigenvalue weighted by atomic mass is 32.1. The topological polar surface area (TPSA) is 90.4 Å². The lowest BCUT2D eigenvalue weighted by molar-refractivity contribution is -0.123. The van der Waals surface area contributed by atoms with Gasteiger partial charge in [-0.15, -0.1) is 11.3 Å². The van der Waals surface area contributed by atoms with E-state index >= 15 is 0 Å². The van der Waals surface area contributed by atoms with Crippen molar-refractivity contribution in [2.24, 2.45) is 0 Å². The van der Waals surface area contributed by atoms with Gasteiger partial charge in [0.25, 0.3) is 5.91 Å². The molecule has 1 unspecified atom stereocenters. The third kappa shape index (κ3) is 4.94. The SMILES string of the molecule is CCOc1ccc2nc(NC(=O)C(C)OC(=O)c3cccc4cccc(-c5nc6ccccc6s5)c34)sc2c1. The summed E-state index contributed by atoms with van der Waals surface area (Å²) in [6.07, 6.45) is -1.03. The predicted molar refractivity (Wildman–Crippen MR) is 157 cm³/mol. The van der Waals surface area contributed by atoms with Crippen molar-refractivity contribution in [1.82, 2.24) is 9.97 Å². The first kappa shape index (κ1) is 25.0. The Balaban J connectivity index is 1.25. The summed E-state index contributed by atoms with van der Waals surface area (Å²) in [4.78, 5) is 35.6. The molecule has 1 amide bonds. The minimum atomic E-state index is -1.03. The lowest BCUT2D eigenvalue weighted by atomic mass is 9.99. The van der Waals surface area contributed by atoms with Gasteiger partial charge in [-0.3, -0.25) is 10.1 Å². The zero-order valence-corrected chi connectivity index (χ0v) is 22.8. The molecule has 0 saturated carbocycles. The molecule has 6 rings (SSSR count). The van der Waals surface area contributed by atoms with Gasteiger partial charge in [0.2, 0.25) is 0 Å². The fourth-order valence-corrected chi connectivity index (χ4v) is 6.27. The molecule has 0 fully saturated rings. The van der Waals surface area contributed by atoms with Crippen molar-refractivity contribution in [1.29, 1.82) is 0 Å². The molecule has 0 saturated heterocycles. The van der Waals surface area contributed by atoms with Gasteiger partial charge in [-0.1, -0.05) is 53.8 Å². The fourth-order valence-electron chi connectivity index (χ4n) is 4.38. The van der Waals surface area contributed by atoms with E-state index in [1.807, 2.05) is 79.7 Å². The summed E-state index contributed by atoms with van der Waals surface area (Å²) in [5, 5.41) is 5.64. The average molecular weight is 554 g/mol. The van der Waals surface area contributed by atoms with Crippen molar-refractivity contribution < 1.29 is 19.1 Å². The van der Waals surface area contributed by atoms with E-state index in [4.69, 9.17) is 14.5 Å². The van der Waals surface area contributed by atoms with E-state index < -0.39 is 18.0 Å². The Hall–Kier alpha value is -4.34. The molecule has 0 aliphatic rings. The number of rotatable bonds is 7. The van der Waals surface area contributed by atoms with Crippen LogP contribution in [0, 0.1) is 0 Å². The number of nitrogens with one attached hydrogen (secondary N) is 1. The summed E-state index contributed by atoms with van der Waals surface area (Å²) in [6, 6.07) is 24.8. The summed E-state index contributed by atoms with van der Waals surface area (Å²) < 4.78 is 13.1. The predicted octanol–water partition coefficient (Wildman–Crippen LogP) is 7.31. The molecule has 9 heteroatoms. The van der Waals surface area contributed by atoms with Gasteiger partial charge < -0.3 is 9.47 Å². The normalized spacial score (nSPS) is 12.1. The summed E-state index contributed by atoms with van der Waals surface area (Å²) in [6.45, 7) is 4.04. The Kier molecular flexibility index (Phi) is 6.68. The second-order valence-electron chi connectivity index (χ2n) is 8.81. The quantitative estimate of drug-likeness (QED) is 0.209. The molecule has 2 aromatic heterocycles. The molecule has 2 heterocycles. The van der Waals surface area contributed by atoms with Crippen molar-refractivity contribution in [2.75, 3.05) is 11.9 Å². The number of fused-ring (bicyclic) bond motifs is 3. The molecule has 0 aliphatic heterocycles. The number of thiazole rings is 2. The van der Waals surface area contributed by atoms with Crippen LogP contribution in [0.4, 0.5) is 5.13 Å². The van der Waals surface area contributed by atoms with Gasteiger partial charge in [-0.05, 0) is 55.6 Å². The number of amides is 1. The molecular weight excluding hydrogens is 530 g/mol. The summed E-state index contributed by atoms with van der Waals surface area (Å²) in [5.41, 5.74) is 2.88. The third-order valence-corrected chi connectivity index (χ3v) is 8.21. The first-order valence-corrected chi connectivity index (χ1v) is 14.1. The number of carbonyl (C=O) groups excluding carboxylic acids is 2. The zero-order valence-electron chi connectivity index (χ0n) is 21.1. The molecular formula is C30H23N3O4S2. The minimum Gasteiger partial charge on any atom is -0.494 e. The number of hydrogen-bond donors (Lipinski definition) is 1.